The quantitative estimate of drug-likeness (QED) is 0.582. The van der Waals surface area contributed by atoms with Gasteiger partial charge >= 0.3 is 0 Å². The molecule has 0 saturated carbocycles. The number of amides is 1. The Morgan fingerprint density at radius 3 is 2.53 bits per heavy atom. The fourth-order valence-corrected chi connectivity index (χ4v) is 5.24. The molecule has 1 spiro atoms. The highest BCUT2D eigenvalue weighted by Gasteiger charge is 2.43. The normalized spacial score (nSPS) is 21.1. The molecule has 0 aliphatic carbocycles. The summed E-state index contributed by atoms with van der Waals surface area (Å²) in [5.74, 6) is 1.48. The van der Waals surface area contributed by atoms with E-state index in [0.29, 0.717) is 12.4 Å². The number of carbonyl (C=O) groups excluding carboxylic acids is 1. The first-order valence-electron chi connectivity index (χ1n) is 12.6. The maximum absolute atomic E-state index is 12.4. The zero-order valence-electron chi connectivity index (χ0n) is 19.9. The van der Waals surface area contributed by atoms with E-state index in [2.05, 4.69) is 44.0 Å². The van der Waals surface area contributed by atoms with Gasteiger partial charge in [0.05, 0.1) is 24.9 Å². The van der Waals surface area contributed by atoms with Gasteiger partial charge in [0.1, 0.15) is 12.4 Å². The van der Waals surface area contributed by atoms with Gasteiger partial charge in [0.2, 0.25) is 0 Å². The molecule has 2 aromatic rings. The van der Waals surface area contributed by atoms with Gasteiger partial charge in [-0.15, -0.1) is 0 Å². The number of nitrogens with zero attached hydrogens (tertiary/aromatic N) is 5. The van der Waals surface area contributed by atoms with Crippen LogP contribution in [0.5, 0.6) is 5.75 Å². The number of hydrogen-bond donors (Lipinski definition) is 0. The first kappa shape index (κ1) is 23.1. The third-order valence-corrected chi connectivity index (χ3v) is 7.29. The molecular formula is C26H35N5O3. The van der Waals surface area contributed by atoms with E-state index in [1.165, 1.54) is 38.0 Å². The molecular weight excluding hydrogens is 430 g/mol. The second-order valence-corrected chi connectivity index (χ2v) is 9.60. The molecule has 34 heavy (non-hydrogen) atoms. The van der Waals surface area contributed by atoms with Crippen molar-refractivity contribution in [2.45, 2.75) is 44.1 Å². The standard InChI is InChI=1S/C26H35N5O3/c32-25-20-34-26(21-31(25)24-19-27-11-12-28-24)9-16-30(17-10-26)22-5-7-23(8-6-22)33-18-4-15-29-13-2-1-3-14-29/h5-8,11-12,19H,1-4,9-10,13-18,20-21H2. The van der Waals surface area contributed by atoms with Crippen molar-refractivity contribution in [3.63, 3.8) is 0 Å². The largest absolute Gasteiger partial charge is 0.494 e. The minimum atomic E-state index is -0.320. The van der Waals surface area contributed by atoms with Crippen LogP contribution in [0.15, 0.2) is 42.9 Å². The summed E-state index contributed by atoms with van der Waals surface area (Å²) < 4.78 is 12.1. The number of aromatic nitrogens is 2. The first-order chi connectivity index (χ1) is 16.7. The second kappa shape index (κ2) is 10.7. The Labute approximate surface area is 201 Å². The second-order valence-electron chi connectivity index (χ2n) is 9.60. The third-order valence-electron chi connectivity index (χ3n) is 7.29. The summed E-state index contributed by atoms with van der Waals surface area (Å²) in [5.41, 5.74) is 0.882. The van der Waals surface area contributed by atoms with Crippen molar-refractivity contribution in [3.05, 3.63) is 42.9 Å². The van der Waals surface area contributed by atoms with Gasteiger partial charge in [0.25, 0.3) is 5.91 Å². The van der Waals surface area contributed by atoms with Crippen LogP contribution in [0.3, 0.4) is 0 Å². The molecule has 8 nitrogen and oxygen atoms in total. The number of hydrogen-bond acceptors (Lipinski definition) is 7. The van der Waals surface area contributed by atoms with Crippen molar-refractivity contribution in [1.29, 1.82) is 0 Å². The number of morpholine rings is 1. The molecule has 0 unspecified atom stereocenters. The van der Waals surface area contributed by atoms with Gasteiger partial charge in [-0.1, -0.05) is 6.42 Å². The molecule has 5 rings (SSSR count). The zero-order valence-corrected chi connectivity index (χ0v) is 19.9. The molecule has 4 heterocycles. The predicted octanol–water partition coefficient (Wildman–Crippen LogP) is 3.13. The first-order valence-corrected chi connectivity index (χ1v) is 12.6. The Hall–Kier alpha value is -2.71. The van der Waals surface area contributed by atoms with Gasteiger partial charge < -0.3 is 19.3 Å². The van der Waals surface area contributed by atoms with Crippen LogP contribution < -0.4 is 14.5 Å². The van der Waals surface area contributed by atoms with Gasteiger partial charge in [0.15, 0.2) is 5.82 Å². The highest BCUT2D eigenvalue weighted by molar-refractivity contribution is 5.94. The average Bonchev–Trinajstić information content (AvgIpc) is 2.90. The van der Waals surface area contributed by atoms with E-state index in [-0.39, 0.29) is 18.1 Å². The molecule has 182 valence electrons. The Morgan fingerprint density at radius 1 is 1.00 bits per heavy atom. The highest BCUT2D eigenvalue weighted by atomic mass is 16.5. The number of piperidine rings is 2. The molecule has 0 N–H and O–H groups in total. The molecule has 0 atom stereocenters. The lowest BCUT2D eigenvalue weighted by molar-refractivity contribution is -0.141. The Bertz CT molecular complexity index is 925. The number of benzene rings is 1. The van der Waals surface area contributed by atoms with Gasteiger partial charge in [-0.2, -0.15) is 0 Å². The Balaban J connectivity index is 1.10. The smallest absolute Gasteiger partial charge is 0.254 e. The van der Waals surface area contributed by atoms with Crippen LogP contribution in [0.4, 0.5) is 11.5 Å². The average molecular weight is 466 g/mol. The summed E-state index contributed by atoms with van der Waals surface area (Å²) in [6.45, 7) is 6.78. The topological polar surface area (TPSA) is 71.0 Å². The maximum atomic E-state index is 12.4. The van der Waals surface area contributed by atoms with E-state index in [9.17, 15) is 4.79 Å². The predicted molar refractivity (Wildman–Crippen MR) is 131 cm³/mol. The molecule has 3 aliphatic rings. The van der Waals surface area contributed by atoms with Crippen molar-refractivity contribution < 1.29 is 14.3 Å². The number of rotatable bonds is 7. The fourth-order valence-electron chi connectivity index (χ4n) is 5.24. The van der Waals surface area contributed by atoms with E-state index in [0.717, 1.165) is 51.3 Å². The minimum Gasteiger partial charge on any atom is -0.494 e. The molecule has 3 aliphatic heterocycles. The molecule has 8 heteroatoms. The summed E-state index contributed by atoms with van der Waals surface area (Å²) in [6.07, 6.45) is 11.7. The van der Waals surface area contributed by atoms with Gasteiger partial charge in [-0.05, 0) is 69.5 Å². The Kier molecular flexibility index (Phi) is 7.25. The molecule has 0 radical (unpaired) electrons. The van der Waals surface area contributed by atoms with E-state index >= 15 is 0 Å². The van der Waals surface area contributed by atoms with Crippen LogP contribution in [-0.4, -0.2) is 78.9 Å². The Morgan fingerprint density at radius 2 is 1.79 bits per heavy atom. The fraction of sp³-hybridized carbons (Fsp3) is 0.577. The van der Waals surface area contributed by atoms with E-state index in [4.69, 9.17) is 9.47 Å². The lowest BCUT2D eigenvalue weighted by atomic mass is 9.89. The highest BCUT2D eigenvalue weighted by Crippen LogP contribution is 2.34. The third kappa shape index (κ3) is 5.50. The lowest BCUT2D eigenvalue weighted by Crippen LogP contribution is -2.59. The van der Waals surface area contributed by atoms with Crippen molar-refractivity contribution in [2.75, 3.05) is 62.3 Å². The zero-order chi connectivity index (χ0) is 23.2. The summed E-state index contributed by atoms with van der Waals surface area (Å²) in [6, 6.07) is 8.45. The van der Waals surface area contributed by atoms with Crippen molar-refractivity contribution in [2.24, 2.45) is 0 Å². The molecule has 3 saturated heterocycles. The van der Waals surface area contributed by atoms with Crippen molar-refractivity contribution in [1.82, 2.24) is 14.9 Å². The van der Waals surface area contributed by atoms with Crippen LogP contribution in [-0.2, 0) is 9.53 Å². The van der Waals surface area contributed by atoms with Gasteiger partial charge in [-0.3, -0.25) is 14.7 Å². The van der Waals surface area contributed by atoms with Crippen LogP contribution >= 0.6 is 0 Å². The van der Waals surface area contributed by atoms with Crippen LogP contribution in [0.25, 0.3) is 0 Å². The summed E-state index contributed by atoms with van der Waals surface area (Å²) in [7, 11) is 0. The number of anilines is 2. The van der Waals surface area contributed by atoms with E-state index < -0.39 is 0 Å². The van der Waals surface area contributed by atoms with Crippen LogP contribution in [0.2, 0.25) is 0 Å². The molecule has 1 aromatic carbocycles. The molecule has 1 amide bonds. The van der Waals surface area contributed by atoms with Crippen molar-refractivity contribution in [3.8, 4) is 5.75 Å². The summed E-state index contributed by atoms with van der Waals surface area (Å²) in [4.78, 5) is 27.5. The minimum absolute atomic E-state index is 0.0555. The van der Waals surface area contributed by atoms with Crippen LogP contribution in [0, 0.1) is 0 Å². The summed E-state index contributed by atoms with van der Waals surface area (Å²) in [5, 5.41) is 0. The van der Waals surface area contributed by atoms with Crippen LogP contribution in [0.1, 0.15) is 38.5 Å². The number of ether oxygens (including phenoxy) is 2. The number of carbonyl (C=O) groups is 1. The van der Waals surface area contributed by atoms with E-state index in [1.54, 1.807) is 23.5 Å². The number of likely N-dealkylation sites (tertiary alicyclic amines) is 1. The molecule has 1 aromatic heterocycles. The van der Waals surface area contributed by atoms with Gasteiger partial charge in [-0.25, -0.2) is 4.98 Å². The SMILES string of the molecule is O=C1COC2(CCN(c3ccc(OCCCN4CCCCC4)cc3)CC2)CN1c1cnccn1. The van der Waals surface area contributed by atoms with Gasteiger partial charge in [0, 0.05) is 37.7 Å². The maximum Gasteiger partial charge on any atom is 0.254 e. The monoisotopic (exact) mass is 465 g/mol. The summed E-state index contributed by atoms with van der Waals surface area (Å²) >= 11 is 0. The molecule has 0 bridgehead atoms. The molecule has 3 fully saturated rings. The lowest BCUT2D eigenvalue weighted by Gasteiger charge is -2.47. The van der Waals surface area contributed by atoms with Crippen molar-refractivity contribution >= 4 is 17.4 Å². The van der Waals surface area contributed by atoms with E-state index in [1.807, 2.05) is 0 Å².